The van der Waals surface area contributed by atoms with E-state index in [-0.39, 0.29) is 5.91 Å². The van der Waals surface area contributed by atoms with Crippen LogP contribution in [0.4, 0.5) is 0 Å². The van der Waals surface area contributed by atoms with Gasteiger partial charge in [0.15, 0.2) is 0 Å². The molecular weight excluding hydrogens is 224 g/mol. The maximum atomic E-state index is 11.9. The number of rotatable bonds is 3. The number of aryl methyl sites for hydroxylation is 2. The molecule has 0 fully saturated rings. The normalized spacial score (nSPS) is 10.4. The molecule has 0 bridgehead atoms. The summed E-state index contributed by atoms with van der Waals surface area (Å²) in [4.78, 5) is 16.8. The smallest absolute Gasteiger partial charge is 0.255 e. The number of H-pyrrole nitrogens is 1. The van der Waals surface area contributed by atoms with Crippen LogP contribution in [-0.4, -0.2) is 21.1 Å². The second kappa shape index (κ2) is 4.44. The van der Waals surface area contributed by atoms with Gasteiger partial charge in [0.2, 0.25) is 0 Å². The van der Waals surface area contributed by atoms with Crippen LogP contribution in [0, 0.1) is 13.8 Å². The van der Waals surface area contributed by atoms with E-state index in [9.17, 15) is 4.79 Å². The first-order valence-electron chi connectivity index (χ1n) is 4.85. The standard InChI is InChI=1S/C10H12N4OS/c1-6-9(7(2)14-13-6)10(15)12-4-8-3-11-5-16-8/h3,5H,4H2,1-2H3,(H,12,15)(H,13,14). The fourth-order valence-corrected chi connectivity index (χ4v) is 2.00. The van der Waals surface area contributed by atoms with E-state index in [2.05, 4.69) is 20.5 Å². The Hall–Kier alpha value is -1.69. The maximum absolute atomic E-state index is 11.9. The number of thiazole rings is 1. The lowest BCUT2D eigenvalue weighted by Gasteiger charge is -2.02. The number of nitrogens with zero attached hydrogens (tertiary/aromatic N) is 2. The van der Waals surface area contributed by atoms with Crippen LogP contribution in [-0.2, 0) is 6.54 Å². The summed E-state index contributed by atoms with van der Waals surface area (Å²) in [6, 6.07) is 0. The molecule has 0 saturated heterocycles. The first kappa shape index (κ1) is 10.8. The van der Waals surface area contributed by atoms with Crippen LogP contribution in [0.3, 0.4) is 0 Å². The van der Waals surface area contributed by atoms with E-state index in [0.717, 1.165) is 16.3 Å². The van der Waals surface area contributed by atoms with Gasteiger partial charge < -0.3 is 5.32 Å². The number of carbonyl (C=O) groups is 1. The van der Waals surface area contributed by atoms with E-state index in [1.165, 1.54) is 11.3 Å². The Labute approximate surface area is 96.9 Å². The Bertz CT molecular complexity index is 469. The molecule has 0 atom stereocenters. The highest BCUT2D eigenvalue weighted by Gasteiger charge is 2.14. The summed E-state index contributed by atoms with van der Waals surface area (Å²) in [5.41, 5.74) is 3.89. The number of carbonyl (C=O) groups excluding carboxylic acids is 1. The van der Waals surface area contributed by atoms with Crippen LogP contribution in [0.5, 0.6) is 0 Å². The van der Waals surface area contributed by atoms with Crippen LogP contribution < -0.4 is 5.32 Å². The fourth-order valence-electron chi connectivity index (χ4n) is 1.47. The molecule has 1 amide bonds. The van der Waals surface area contributed by atoms with Gasteiger partial charge in [0, 0.05) is 16.8 Å². The van der Waals surface area contributed by atoms with Crippen LogP contribution >= 0.6 is 11.3 Å². The van der Waals surface area contributed by atoms with Crippen molar-refractivity contribution in [3.63, 3.8) is 0 Å². The van der Waals surface area contributed by atoms with Crippen molar-refractivity contribution in [2.24, 2.45) is 0 Å². The predicted octanol–water partition coefficient (Wildman–Crippen LogP) is 1.41. The van der Waals surface area contributed by atoms with E-state index < -0.39 is 0 Å². The molecule has 0 unspecified atom stereocenters. The van der Waals surface area contributed by atoms with Gasteiger partial charge >= 0.3 is 0 Å². The highest BCUT2D eigenvalue weighted by Crippen LogP contribution is 2.10. The number of nitrogens with one attached hydrogen (secondary N) is 2. The molecule has 5 nitrogen and oxygen atoms in total. The molecule has 0 spiro atoms. The molecule has 16 heavy (non-hydrogen) atoms. The van der Waals surface area contributed by atoms with Crippen LogP contribution in [0.25, 0.3) is 0 Å². The molecule has 2 rings (SSSR count). The molecule has 0 saturated carbocycles. The molecular formula is C10H12N4OS. The van der Waals surface area contributed by atoms with Crippen molar-refractivity contribution in [3.05, 3.63) is 33.5 Å². The highest BCUT2D eigenvalue weighted by atomic mass is 32.1. The lowest BCUT2D eigenvalue weighted by molar-refractivity contribution is 0.0950. The zero-order chi connectivity index (χ0) is 11.5. The Balaban J connectivity index is 2.04. The summed E-state index contributed by atoms with van der Waals surface area (Å²) in [5, 5.41) is 9.62. The van der Waals surface area contributed by atoms with Crippen molar-refractivity contribution in [1.29, 1.82) is 0 Å². The van der Waals surface area contributed by atoms with E-state index in [1.807, 2.05) is 13.8 Å². The Morgan fingerprint density at radius 2 is 2.38 bits per heavy atom. The van der Waals surface area contributed by atoms with Crippen LogP contribution in [0.2, 0.25) is 0 Å². The second-order valence-electron chi connectivity index (χ2n) is 3.46. The monoisotopic (exact) mass is 236 g/mol. The topological polar surface area (TPSA) is 70.7 Å². The molecule has 0 aliphatic carbocycles. The quantitative estimate of drug-likeness (QED) is 0.846. The molecule has 0 aliphatic heterocycles. The third-order valence-electron chi connectivity index (χ3n) is 2.26. The average Bonchev–Trinajstić information content (AvgIpc) is 2.86. The number of aromatic amines is 1. The summed E-state index contributed by atoms with van der Waals surface area (Å²) in [7, 11) is 0. The van der Waals surface area contributed by atoms with Gasteiger partial charge in [0.25, 0.3) is 5.91 Å². The minimum Gasteiger partial charge on any atom is -0.347 e. The van der Waals surface area contributed by atoms with Gasteiger partial charge in [0.1, 0.15) is 0 Å². The Kier molecular flexibility index (Phi) is 3.00. The largest absolute Gasteiger partial charge is 0.347 e. The van der Waals surface area contributed by atoms with Crippen molar-refractivity contribution < 1.29 is 4.79 Å². The van der Waals surface area contributed by atoms with Gasteiger partial charge in [0.05, 0.1) is 23.3 Å². The van der Waals surface area contributed by atoms with E-state index in [0.29, 0.717) is 12.1 Å². The number of aromatic nitrogens is 3. The highest BCUT2D eigenvalue weighted by molar-refractivity contribution is 7.09. The summed E-state index contributed by atoms with van der Waals surface area (Å²) < 4.78 is 0. The van der Waals surface area contributed by atoms with Crippen molar-refractivity contribution in [2.45, 2.75) is 20.4 Å². The molecule has 2 aromatic rings. The molecule has 0 aromatic carbocycles. The second-order valence-corrected chi connectivity index (χ2v) is 4.43. The minimum absolute atomic E-state index is 0.0999. The Morgan fingerprint density at radius 1 is 1.56 bits per heavy atom. The third-order valence-corrected chi connectivity index (χ3v) is 3.04. The van der Waals surface area contributed by atoms with E-state index >= 15 is 0 Å². The maximum Gasteiger partial charge on any atom is 0.255 e. The van der Waals surface area contributed by atoms with Crippen molar-refractivity contribution in [1.82, 2.24) is 20.5 Å². The molecule has 2 aromatic heterocycles. The van der Waals surface area contributed by atoms with Gasteiger partial charge in [-0.2, -0.15) is 5.10 Å². The van der Waals surface area contributed by atoms with Gasteiger partial charge in [-0.3, -0.25) is 14.9 Å². The average molecular weight is 236 g/mol. The van der Waals surface area contributed by atoms with Crippen LogP contribution in [0.15, 0.2) is 11.7 Å². The zero-order valence-corrected chi connectivity index (χ0v) is 9.89. The van der Waals surface area contributed by atoms with Gasteiger partial charge in [-0.25, -0.2) is 0 Å². The molecule has 2 heterocycles. The third kappa shape index (κ3) is 2.11. The zero-order valence-electron chi connectivity index (χ0n) is 9.07. The Morgan fingerprint density at radius 3 is 2.94 bits per heavy atom. The summed E-state index contributed by atoms with van der Waals surface area (Å²) >= 11 is 1.52. The first-order valence-corrected chi connectivity index (χ1v) is 5.73. The van der Waals surface area contributed by atoms with Crippen LogP contribution in [0.1, 0.15) is 26.6 Å². The van der Waals surface area contributed by atoms with Gasteiger partial charge in [-0.05, 0) is 13.8 Å². The molecule has 0 aliphatic rings. The predicted molar refractivity (Wildman–Crippen MR) is 61.3 cm³/mol. The lowest BCUT2D eigenvalue weighted by atomic mass is 10.2. The SMILES string of the molecule is Cc1n[nH]c(C)c1C(=O)NCc1cncs1. The number of hydrogen-bond acceptors (Lipinski definition) is 4. The van der Waals surface area contributed by atoms with E-state index in [4.69, 9.17) is 0 Å². The van der Waals surface area contributed by atoms with Gasteiger partial charge in [-0.15, -0.1) is 11.3 Å². The molecule has 84 valence electrons. The summed E-state index contributed by atoms with van der Waals surface area (Å²) in [6.45, 7) is 4.15. The number of amides is 1. The number of hydrogen-bond donors (Lipinski definition) is 2. The summed E-state index contributed by atoms with van der Waals surface area (Å²) in [6.07, 6.45) is 1.75. The molecule has 6 heteroatoms. The van der Waals surface area contributed by atoms with Crippen molar-refractivity contribution >= 4 is 17.2 Å². The lowest BCUT2D eigenvalue weighted by Crippen LogP contribution is -2.23. The fraction of sp³-hybridized carbons (Fsp3) is 0.300. The molecule has 0 radical (unpaired) electrons. The van der Waals surface area contributed by atoms with Crippen molar-refractivity contribution in [2.75, 3.05) is 0 Å². The van der Waals surface area contributed by atoms with E-state index in [1.54, 1.807) is 11.7 Å². The van der Waals surface area contributed by atoms with Crippen molar-refractivity contribution in [3.8, 4) is 0 Å². The first-order chi connectivity index (χ1) is 7.68. The summed E-state index contributed by atoms with van der Waals surface area (Å²) in [5.74, 6) is -0.0999. The van der Waals surface area contributed by atoms with Gasteiger partial charge in [-0.1, -0.05) is 0 Å². The molecule has 2 N–H and O–H groups in total. The minimum atomic E-state index is -0.0999.